The Morgan fingerprint density at radius 1 is 1.31 bits per heavy atom. The van der Waals surface area contributed by atoms with E-state index in [2.05, 4.69) is 26.7 Å². The van der Waals surface area contributed by atoms with Crippen molar-refractivity contribution in [3.63, 3.8) is 0 Å². The number of hydrazone groups is 1. The summed E-state index contributed by atoms with van der Waals surface area (Å²) in [6.45, 7) is 2.64. The number of rotatable bonds is 6. The third kappa shape index (κ3) is 3.44. The minimum absolute atomic E-state index is 0.0365. The van der Waals surface area contributed by atoms with E-state index in [9.17, 15) is 4.79 Å². The van der Waals surface area contributed by atoms with Crippen molar-refractivity contribution in [3.8, 4) is 0 Å². The molecule has 26 heavy (non-hydrogen) atoms. The van der Waals surface area contributed by atoms with Gasteiger partial charge in [-0.05, 0) is 40.2 Å². The minimum Gasteiger partial charge on any atom is -0.272 e. The number of thiophene rings is 2. The van der Waals surface area contributed by atoms with Gasteiger partial charge in [-0.2, -0.15) is 5.10 Å². The van der Waals surface area contributed by atoms with E-state index < -0.39 is 0 Å². The SMILES string of the molecule is CCn1nnnc1SCC(=O)N1N=C(c2cccs2)C[C@@H]1c1cccs1. The number of aromatic nitrogens is 4. The minimum atomic E-state index is -0.0395. The molecule has 0 N–H and O–H groups in total. The largest absolute Gasteiger partial charge is 0.272 e. The van der Waals surface area contributed by atoms with Crippen molar-refractivity contribution in [3.05, 3.63) is 44.8 Å². The van der Waals surface area contributed by atoms with Gasteiger partial charge in [-0.25, -0.2) is 9.69 Å². The Balaban J connectivity index is 1.53. The third-order valence-electron chi connectivity index (χ3n) is 3.97. The van der Waals surface area contributed by atoms with Crippen LogP contribution in [0.3, 0.4) is 0 Å². The van der Waals surface area contributed by atoms with Crippen molar-refractivity contribution in [1.82, 2.24) is 25.2 Å². The molecule has 0 radical (unpaired) electrons. The molecule has 3 aromatic heterocycles. The van der Waals surface area contributed by atoms with Gasteiger partial charge in [0.15, 0.2) is 0 Å². The first kappa shape index (κ1) is 17.4. The molecule has 1 aliphatic rings. The molecule has 0 aliphatic carbocycles. The molecule has 0 fully saturated rings. The molecule has 4 rings (SSSR count). The molecule has 1 atom stereocenters. The Bertz CT molecular complexity index is 902. The molecule has 10 heteroatoms. The Kier molecular flexibility index (Phi) is 5.14. The molecule has 0 aromatic carbocycles. The number of tetrazole rings is 1. The summed E-state index contributed by atoms with van der Waals surface area (Å²) in [6, 6.07) is 8.09. The zero-order valence-corrected chi connectivity index (χ0v) is 16.4. The van der Waals surface area contributed by atoms with Gasteiger partial charge in [-0.15, -0.1) is 27.8 Å². The fourth-order valence-electron chi connectivity index (χ4n) is 2.73. The number of aryl methyl sites for hydroxylation is 1. The number of hydrogen-bond acceptors (Lipinski definition) is 8. The van der Waals surface area contributed by atoms with Gasteiger partial charge >= 0.3 is 0 Å². The lowest BCUT2D eigenvalue weighted by atomic mass is 10.1. The maximum absolute atomic E-state index is 12.9. The summed E-state index contributed by atoms with van der Waals surface area (Å²) in [4.78, 5) is 15.2. The summed E-state index contributed by atoms with van der Waals surface area (Å²) in [5.74, 6) is 0.217. The normalized spacial score (nSPS) is 16.9. The van der Waals surface area contributed by atoms with Gasteiger partial charge in [0.2, 0.25) is 5.16 Å². The van der Waals surface area contributed by atoms with Crippen LogP contribution in [0.25, 0.3) is 0 Å². The number of carbonyl (C=O) groups excluding carboxylic acids is 1. The van der Waals surface area contributed by atoms with Crippen LogP contribution in [0.1, 0.15) is 29.1 Å². The summed E-state index contributed by atoms with van der Waals surface area (Å²) in [6.07, 6.45) is 0.740. The van der Waals surface area contributed by atoms with Crippen LogP contribution >= 0.6 is 34.4 Å². The molecule has 134 valence electrons. The number of hydrogen-bond donors (Lipinski definition) is 0. The fourth-order valence-corrected chi connectivity index (χ4v) is 5.05. The first-order chi connectivity index (χ1) is 12.8. The predicted molar refractivity (Wildman–Crippen MR) is 104 cm³/mol. The predicted octanol–water partition coefficient (Wildman–Crippen LogP) is 3.29. The fraction of sp³-hybridized carbons (Fsp3) is 0.312. The van der Waals surface area contributed by atoms with Crippen LogP contribution in [0, 0.1) is 0 Å². The molecule has 1 aliphatic heterocycles. The van der Waals surface area contributed by atoms with Gasteiger partial charge < -0.3 is 0 Å². The van der Waals surface area contributed by atoms with E-state index in [1.54, 1.807) is 32.4 Å². The highest BCUT2D eigenvalue weighted by Crippen LogP contribution is 2.36. The number of nitrogens with zero attached hydrogens (tertiary/aromatic N) is 6. The van der Waals surface area contributed by atoms with Gasteiger partial charge in [-0.3, -0.25) is 4.79 Å². The second-order valence-corrected chi connectivity index (χ2v) is 8.43. The van der Waals surface area contributed by atoms with Crippen molar-refractivity contribution >= 4 is 46.1 Å². The molecule has 0 saturated carbocycles. The molecule has 1 amide bonds. The maximum atomic E-state index is 12.9. The van der Waals surface area contributed by atoms with Gasteiger partial charge in [0.05, 0.1) is 22.4 Å². The van der Waals surface area contributed by atoms with E-state index in [4.69, 9.17) is 0 Å². The highest BCUT2D eigenvalue weighted by Gasteiger charge is 2.34. The van der Waals surface area contributed by atoms with E-state index >= 15 is 0 Å². The molecule has 0 spiro atoms. The lowest BCUT2D eigenvalue weighted by Gasteiger charge is -2.20. The number of thioether (sulfide) groups is 1. The van der Waals surface area contributed by atoms with E-state index in [0.29, 0.717) is 11.7 Å². The Morgan fingerprint density at radius 3 is 2.88 bits per heavy atom. The molecule has 0 unspecified atom stereocenters. The molecule has 7 nitrogen and oxygen atoms in total. The van der Waals surface area contributed by atoms with Crippen molar-refractivity contribution in [2.24, 2.45) is 5.10 Å². The Morgan fingerprint density at radius 2 is 2.15 bits per heavy atom. The topological polar surface area (TPSA) is 76.3 Å². The summed E-state index contributed by atoms with van der Waals surface area (Å²) < 4.78 is 1.68. The molecule has 0 bridgehead atoms. The van der Waals surface area contributed by atoms with Gasteiger partial charge in [0, 0.05) is 17.8 Å². The maximum Gasteiger partial charge on any atom is 0.253 e. The monoisotopic (exact) mass is 404 g/mol. The van der Waals surface area contributed by atoms with Crippen molar-refractivity contribution in [2.45, 2.75) is 31.1 Å². The van der Waals surface area contributed by atoms with Gasteiger partial charge in [-0.1, -0.05) is 23.9 Å². The van der Waals surface area contributed by atoms with Crippen molar-refractivity contribution in [1.29, 1.82) is 0 Å². The lowest BCUT2D eigenvalue weighted by molar-refractivity contribution is -0.130. The standard InChI is InChI=1S/C16H16N6OS3/c1-2-21-16(17-19-20-21)26-10-15(23)22-12(14-6-4-8-25-14)9-11(18-22)13-5-3-7-24-13/h3-8,12H,2,9-10H2,1H3/t12-/m1/s1. The highest BCUT2D eigenvalue weighted by molar-refractivity contribution is 7.99. The van der Waals surface area contributed by atoms with E-state index in [-0.39, 0.29) is 17.7 Å². The van der Waals surface area contributed by atoms with E-state index in [1.807, 2.05) is 35.9 Å². The second kappa shape index (κ2) is 7.68. The van der Waals surface area contributed by atoms with Crippen molar-refractivity contribution in [2.75, 3.05) is 5.75 Å². The summed E-state index contributed by atoms with van der Waals surface area (Å²) in [5, 5.41) is 22.5. The lowest BCUT2D eigenvalue weighted by Crippen LogP contribution is -2.28. The van der Waals surface area contributed by atoms with E-state index in [1.165, 1.54) is 11.8 Å². The Hall–Kier alpha value is -2.04. The van der Waals surface area contributed by atoms with Crippen LogP contribution in [0.4, 0.5) is 0 Å². The molecule has 0 saturated heterocycles. The molecular weight excluding hydrogens is 388 g/mol. The van der Waals surface area contributed by atoms with Crippen LogP contribution in [-0.2, 0) is 11.3 Å². The van der Waals surface area contributed by atoms with Crippen LogP contribution in [-0.4, -0.2) is 42.6 Å². The molecule has 4 heterocycles. The molecule has 3 aromatic rings. The summed E-state index contributed by atoms with van der Waals surface area (Å²) in [7, 11) is 0. The average Bonchev–Trinajstić information content (AvgIpc) is 3.45. The quantitative estimate of drug-likeness (QED) is 0.589. The molecular formula is C16H16N6OS3. The highest BCUT2D eigenvalue weighted by atomic mass is 32.2. The van der Waals surface area contributed by atoms with Crippen LogP contribution < -0.4 is 0 Å². The number of amides is 1. The zero-order valence-electron chi connectivity index (χ0n) is 14.0. The average molecular weight is 405 g/mol. The summed E-state index contributed by atoms with van der Waals surface area (Å²) >= 11 is 4.65. The smallest absolute Gasteiger partial charge is 0.253 e. The van der Waals surface area contributed by atoms with Gasteiger partial charge in [0.25, 0.3) is 5.91 Å². The second-order valence-electron chi connectivity index (χ2n) is 5.56. The summed E-state index contributed by atoms with van der Waals surface area (Å²) in [5.41, 5.74) is 0.968. The van der Waals surface area contributed by atoms with Crippen LogP contribution in [0.2, 0.25) is 0 Å². The zero-order chi connectivity index (χ0) is 17.9. The number of carbonyl (C=O) groups is 1. The Labute approximate surface area is 162 Å². The van der Waals surface area contributed by atoms with Crippen LogP contribution in [0.5, 0.6) is 0 Å². The first-order valence-electron chi connectivity index (χ1n) is 8.12. The van der Waals surface area contributed by atoms with E-state index in [0.717, 1.165) is 21.9 Å². The van der Waals surface area contributed by atoms with Crippen LogP contribution in [0.15, 0.2) is 45.3 Å². The third-order valence-corrected chi connectivity index (χ3v) is 6.80. The van der Waals surface area contributed by atoms with Crippen molar-refractivity contribution < 1.29 is 4.79 Å². The first-order valence-corrected chi connectivity index (χ1v) is 10.9. The van der Waals surface area contributed by atoms with Gasteiger partial charge in [0.1, 0.15) is 0 Å².